The summed E-state index contributed by atoms with van der Waals surface area (Å²) in [6, 6.07) is 13.6. The first-order valence-corrected chi connectivity index (χ1v) is 7.98. The quantitative estimate of drug-likeness (QED) is 0.926. The molecule has 0 radical (unpaired) electrons. The molecule has 1 atom stereocenters. The number of nitrogens with zero attached hydrogens (tertiary/aromatic N) is 1. The molecule has 1 aliphatic rings. The van der Waals surface area contributed by atoms with Crippen LogP contribution in [0.5, 0.6) is 11.5 Å². The van der Waals surface area contributed by atoms with Crippen LogP contribution in [0.15, 0.2) is 42.5 Å². The summed E-state index contributed by atoms with van der Waals surface area (Å²) >= 11 is 0. The molecule has 1 heterocycles. The first kappa shape index (κ1) is 16.2. The van der Waals surface area contributed by atoms with Gasteiger partial charge in [-0.2, -0.15) is 0 Å². The minimum Gasteiger partial charge on any atom is -0.493 e. The number of rotatable bonds is 4. The first-order valence-electron chi connectivity index (χ1n) is 7.98. The number of hydrogen-bond acceptors (Lipinski definition) is 3. The van der Waals surface area contributed by atoms with Crippen LogP contribution in [-0.4, -0.2) is 29.8 Å². The largest absolute Gasteiger partial charge is 0.493 e. The van der Waals surface area contributed by atoms with Crippen molar-refractivity contribution in [1.29, 1.82) is 0 Å². The van der Waals surface area contributed by atoms with Crippen LogP contribution in [0.4, 0.5) is 4.79 Å². The third-order valence-electron chi connectivity index (χ3n) is 4.47. The van der Waals surface area contributed by atoms with Crippen LogP contribution in [0.2, 0.25) is 0 Å². The molecule has 2 aromatic carbocycles. The number of carbonyl (C=O) groups is 1. The summed E-state index contributed by atoms with van der Waals surface area (Å²) in [5, 5.41) is 9.30. The molecule has 0 spiro atoms. The third kappa shape index (κ3) is 3.02. The van der Waals surface area contributed by atoms with Crippen molar-refractivity contribution in [2.24, 2.45) is 0 Å². The highest BCUT2D eigenvalue weighted by atomic mass is 16.5. The van der Waals surface area contributed by atoms with Gasteiger partial charge in [-0.05, 0) is 30.5 Å². The monoisotopic (exact) mass is 327 g/mol. The zero-order chi connectivity index (χ0) is 17.1. The third-order valence-corrected chi connectivity index (χ3v) is 4.47. The minimum absolute atomic E-state index is 0.191. The lowest BCUT2D eigenvalue weighted by Crippen LogP contribution is -2.38. The fourth-order valence-corrected chi connectivity index (χ4v) is 3.20. The molecule has 0 saturated carbocycles. The van der Waals surface area contributed by atoms with Crippen LogP contribution in [0.25, 0.3) is 0 Å². The summed E-state index contributed by atoms with van der Waals surface area (Å²) in [6.07, 6.45) is -0.269. The number of methoxy groups -OCH3 is 1. The van der Waals surface area contributed by atoms with Crippen molar-refractivity contribution < 1.29 is 19.4 Å². The van der Waals surface area contributed by atoms with E-state index in [1.54, 1.807) is 7.11 Å². The van der Waals surface area contributed by atoms with Gasteiger partial charge in [0.25, 0.3) is 0 Å². The maximum Gasteiger partial charge on any atom is 0.407 e. The SMILES string of the molecule is COc1c(OCc2ccccc2)ccc2c1CCN(C(=O)O)C2C. The van der Waals surface area contributed by atoms with Gasteiger partial charge in [0.05, 0.1) is 13.2 Å². The first-order chi connectivity index (χ1) is 11.6. The van der Waals surface area contributed by atoms with Gasteiger partial charge < -0.3 is 19.5 Å². The van der Waals surface area contributed by atoms with Gasteiger partial charge >= 0.3 is 6.09 Å². The number of fused-ring (bicyclic) bond motifs is 1. The molecule has 0 aromatic heterocycles. The molecule has 0 saturated heterocycles. The lowest BCUT2D eigenvalue weighted by molar-refractivity contribution is 0.124. The Morgan fingerprint density at radius 1 is 1.25 bits per heavy atom. The van der Waals surface area contributed by atoms with Gasteiger partial charge in [0.15, 0.2) is 11.5 Å². The summed E-state index contributed by atoms with van der Waals surface area (Å²) in [6.45, 7) is 2.82. The molecule has 126 valence electrons. The molecule has 1 aliphatic heterocycles. The van der Waals surface area contributed by atoms with Gasteiger partial charge in [0.2, 0.25) is 0 Å². The Morgan fingerprint density at radius 2 is 2.00 bits per heavy atom. The van der Waals surface area contributed by atoms with Crippen LogP contribution < -0.4 is 9.47 Å². The molecule has 1 N–H and O–H groups in total. The summed E-state index contributed by atoms with van der Waals surface area (Å²) in [5.74, 6) is 1.40. The summed E-state index contributed by atoms with van der Waals surface area (Å²) in [7, 11) is 1.62. The Bertz CT molecular complexity index is 730. The Morgan fingerprint density at radius 3 is 2.67 bits per heavy atom. The summed E-state index contributed by atoms with van der Waals surface area (Å²) in [5.41, 5.74) is 3.10. The van der Waals surface area contributed by atoms with E-state index >= 15 is 0 Å². The van der Waals surface area contributed by atoms with E-state index < -0.39 is 6.09 Å². The average molecular weight is 327 g/mol. The summed E-state index contributed by atoms with van der Waals surface area (Å²) < 4.78 is 11.5. The second-order valence-electron chi connectivity index (χ2n) is 5.84. The van der Waals surface area contributed by atoms with Crippen LogP contribution >= 0.6 is 0 Å². The molecule has 24 heavy (non-hydrogen) atoms. The van der Waals surface area contributed by atoms with Crippen LogP contribution in [0, 0.1) is 0 Å². The van der Waals surface area contributed by atoms with E-state index in [0.29, 0.717) is 31.1 Å². The van der Waals surface area contributed by atoms with Gasteiger partial charge in [0, 0.05) is 12.1 Å². The zero-order valence-electron chi connectivity index (χ0n) is 13.9. The zero-order valence-corrected chi connectivity index (χ0v) is 13.9. The predicted molar refractivity (Wildman–Crippen MR) is 90.6 cm³/mol. The topological polar surface area (TPSA) is 59.0 Å². The van der Waals surface area contributed by atoms with Crippen molar-refractivity contribution in [3.05, 3.63) is 59.2 Å². The van der Waals surface area contributed by atoms with E-state index in [4.69, 9.17) is 9.47 Å². The second kappa shape index (κ2) is 6.83. The number of ether oxygens (including phenoxy) is 2. The molecule has 1 amide bonds. The molecule has 2 aromatic rings. The smallest absolute Gasteiger partial charge is 0.407 e. The van der Waals surface area contributed by atoms with Crippen LogP contribution in [-0.2, 0) is 13.0 Å². The molecule has 5 nitrogen and oxygen atoms in total. The van der Waals surface area contributed by atoms with E-state index in [-0.39, 0.29) is 6.04 Å². The molecule has 0 bridgehead atoms. The fourth-order valence-electron chi connectivity index (χ4n) is 3.20. The van der Waals surface area contributed by atoms with E-state index in [1.165, 1.54) is 4.90 Å². The maximum atomic E-state index is 11.3. The fraction of sp³-hybridized carbons (Fsp3) is 0.316. The predicted octanol–water partition coefficient (Wildman–Crippen LogP) is 3.87. The highest BCUT2D eigenvalue weighted by Crippen LogP contribution is 2.40. The molecule has 0 fully saturated rings. The average Bonchev–Trinajstić information content (AvgIpc) is 2.60. The highest BCUT2D eigenvalue weighted by molar-refractivity contribution is 5.67. The van der Waals surface area contributed by atoms with Crippen LogP contribution in [0.3, 0.4) is 0 Å². The van der Waals surface area contributed by atoms with Crippen molar-refractivity contribution in [1.82, 2.24) is 4.90 Å². The molecule has 1 unspecified atom stereocenters. The molecule has 3 rings (SSSR count). The van der Waals surface area contributed by atoms with E-state index in [0.717, 1.165) is 16.7 Å². The van der Waals surface area contributed by atoms with Gasteiger partial charge in [-0.1, -0.05) is 36.4 Å². The van der Waals surface area contributed by atoms with Crippen molar-refractivity contribution in [3.63, 3.8) is 0 Å². The Balaban J connectivity index is 1.87. The van der Waals surface area contributed by atoms with Gasteiger partial charge in [0.1, 0.15) is 6.61 Å². The maximum absolute atomic E-state index is 11.3. The van der Waals surface area contributed by atoms with Gasteiger partial charge in [-0.15, -0.1) is 0 Å². The van der Waals surface area contributed by atoms with Gasteiger partial charge in [-0.25, -0.2) is 4.79 Å². The van der Waals surface area contributed by atoms with Crippen molar-refractivity contribution >= 4 is 6.09 Å². The van der Waals surface area contributed by atoms with Crippen molar-refractivity contribution in [2.75, 3.05) is 13.7 Å². The highest BCUT2D eigenvalue weighted by Gasteiger charge is 2.30. The van der Waals surface area contributed by atoms with Crippen molar-refractivity contribution in [2.45, 2.75) is 26.0 Å². The van der Waals surface area contributed by atoms with E-state index in [1.807, 2.05) is 49.4 Å². The second-order valence-corrected chi connectivity index (χ2v) is 5.84. The molecular weight excluding hydrogens is 306 g/mol. The number of amides is 1. The Hall–Kier alpha value is -2.69. The van der Waals surface area contributed by atoms with Crippen molar-refractivity contribution in [3.8, 4) is 11.5 Å². The molecule has 0 aliphatic carbocycles. The van der Waals surface area contributed by atoms with E-state index in [9.17, 15) is 9.90 Å². The lowest BCUT2D eigenvalue weighted by Gasteiger charge is -2.34. The number of carboxylic acid groups (broad SMARTS) is 1. The standard InChI is InChI=1S/C19H21NO4/c1-13-15-8-9-17(24-12-14-6-4-3-5-7-14)18(23-2)16(15)10-11-20(13)19(21)22/h3-9,13H,10-12H2,1-2H3,(H,21,22). The van der Waals surface area contributed by atoms with Crippen LogP contribution in [0.1, 0.15) is 29.7 Å². The molecule has 5 heteroatoms. The van der Waals surface area contributed by atoms with E-state index in [2.05, 4.69) is 0 Å². The normalized spacial score (nSPS) is 16.4. The Kier molecular flexibility index (Phi) is 4.60. The molecular formula is C19H21NO4. The lowest BCUT2D eigenvalue weighted by atomic mass is 9.92. The minimum atomic E-state index is -0.892. The Labute approximate surface area is 141 Å². The number of benzene rings is 2. The number of hydrogen-bond donors (Lipinski definition) is 1. The van der Waals surface area contributed by atoms with Gasteiger partial charge in [-0.3, -0.25) is 0 Å². The summed E-state index contributed by atoms with van der Waals surface area (Å²) in [4.78, 5) is 12.8.